The maximum absolute atomic E-state index is 12.3. The molecule has 4 aromatic rings. The Morgan fingerprint density at radius 3 is 2.79 bits per heavy atom. The van der Waals surface area contributed by atoms with E-state index in [0.717, 1.165) is 16.5 Å². The van der Waals surface area contributed by atoms with Gasteiger partial charge in [-0.25, -0.2) is 9.67 Å². The highest BCUT2D eigenvalue weighted by Crippen LogP contribution is 2.29. The van der Waals surface area contributed by atoms with Gasteiger partial charge in [-0.15, -0.1) is 0 Å². The molecular weight excluding hydrogens is 390 g/mol. The van der Waals surface area contributed by atoms with Gasteiger partial charge in [-0.05, 0) is 35.4 Å². The number of carbonyl (C=O) groups is 1. The summed E-state index contributed by atoms with van der Waals surface area (Å²) in [7, 11) is 0. The lowest BCUT2D eigenvalue weighted by atomic mass is 10.1. The van der Waals surface area contributed by atoms with Gasteiger partial charge in [-0.3, -0.25) is 9.78 Å². The third-order valence-electron chi connectivity index (χ3n) is 4.43. The Hall–Kier alpha value is -3.45. The Labute approximate surface area is 172 Å². The van der Waals surface area contributed by atoms with Crippen LogP contribution in [0.25, 0.3) is 10.9 Å². The lowest BCUT2D eigenvalue weighted by Gasteiger charge is -2.12. The van der Waals surface area contributed by atoms with Gasteiger partial charge in [0.2, 0.25) is 0 Å². The van der Waals surface area contributed by atoms with Gasteiger partial charge in [0, 0.05) is 18.1 Å². The zero-order valence-corrected chi connectivity index (χ0v) is 16.2. The molecular formula is C21H18ClN5O2. The first-order chi connectivity index (χ1) is 14.2. The van der Waals surface area contributed by atoms with E-state index in [2.05, 4.69) is 20.4 Å². The molecule has 8 heteroatoms. The topological polar surface area (TPSA) is 81.9 Å². The minimum Gasteiger partial charge on any atom is -0.481 e. The van der Waals surface area contributed by atoms with Gasteiger partial charge < -0.3 is 10.1 Å². The minimum atomic E-state index is -0.223. The number of hydrogen-bond acceptors (Lipinski definition) is 5. The van der Waals surface area contributed by atoms with E-state index in [1.54, 1.807) is 29.3 Å². The lowest BCUT2D eigenvalue weighted by molar-refractivity contribution is -0.123. The van der Waals surface area contributed by atoms with Crippen molar-refractivity contribution in [3.8, 4) is 5.75 Å². The van der Waals surface area contributed by atoms with E-state index in [0.29, 0.717) is 29.4 Å². The fourth-order valence-electron chi connectivity index (χ4n) is 2.99. The Morgan fingerprint density at radius 2 is 1.97 bits per heavy atom. The number of halogens is 1. The molecule has 0 radical (unpaired) electrons. The van der Waals surface area contributed by atoms with E-state index < -0.39 is 0 Å². The highest BCUT2D eigenvalue weighted by molar-refractivity contribution is 6.35. The van der Waals surface area contributed by atoms with E-state index >= 15 is 0 Å². The molecule has 2 aromatic heterocycles. The van der Waals surface area contributed by atoms with Gasteiger partial charge in [0.15, 0.2) is 6.61 Å². The third kappa shape index (κ3) is 4.52. The first-order valence-corrected chi connectivity index (χ1v) is 9.40. The van der Waals surface area contributed by atoms with Crippen molar-refractivity contribution in [1.82, 2.24) is 25.1 Å². The van der Waals surface area contributed by atoms with Gasteiger partial charge in [0.25, 0.3) is 5.91 Å². The Morgan fingerprint density at radius 1 is 1.10 bits per heavy atom. The standard InChI is InChI=1S/C21H18ClN5O2/c22-18-7-8-19(21-17(18)6-3-9-24-21)29-12-20(28)25-10-15-4-1-2-5-16(15)11-27-14-23-13-26-27/h1-9,13-14H,10-12H2,(H,25,28). The van der Waals surface area contributed by atoms with Crippen LogP contribution in [0.4, 0.5) is 0 Å². The summed E-state index contributed by atoms with van der Waals surface area (Å²) in [6, 6.07) is 15.0. The number of nitrogens with one attached hydrogen (secondary N) is 1. The summed E-state index contributed by atoms with van der Waals surface area (Å²) < 4.78 is 7.42. The van der Waals surface area contributed by atoms with Gasteiger partial charge in [0.1, 0.15) is 23.9 Å². The van der Waals surface area contributed by atoms with Crippen LogP contribution in [0, 0.1) is 0 Å². The minimum absolute atomic E-state index is 0.113. The second-order valence-electron chi connectivity index (χ2n) is 6.37. The molecule has 7 nitrogen and oxygen atoms in total. The van der Waals surface area contributed by atoms with Crippen LogP contribution in [0.5, 0.6) is 5.75 Å². The molecule has 0 fully saturated rings. The molecule has 2 heterocycles. The molecule has 0 saturated carbocycles. The smallest absolute Gasteiger partial charge is 0.258 e. The summed E-state index contributed by atoms with van der Waals surface area (Å²) in [5, 5.41) is 8.40. The Kier molecular flexibility index (Phi) is 5.67. The molecule has 1 amide bonds. The second-order valence-corrected chi connectivity index (χ2v) is 6.78. The molecule has 0 aliphatic rings. The van der Waals surface area contributed by atoms with Gasteiger partial charge in [-0.2, -0.15) is 5.10 Å². The average molecular weight is 408 g/mol. The van der Waals surface area contributed by atoms with Crippen molar-refractivity contribution < 1.29 is 9.53 Å². The number of fused-ring (bicyclic) bond motifs is 1. The van der Waals surface area contributed by atoms with Crippen molar-refractivity contribution in [3.05, 3.63) is 83.5 Å². The maximum atomic E-state index is 12.3. The highest BCUT2D eigenvalue weighted by atomic mass is 35.5. The number of pyridine rings is 1. The first-order valence-electron chi connectivity index (χ1n) is 9.02. The quantitative estimate of drug-likeness (QED) is 0.508. The van der Waals surface area contributed by atoms with Crippen molar-refractivity contribution in [3.63, 3.8) is 0 Å². The largest absolute Gasteiger partial charge is 0.481 e. The van der Waals surface area contributed by atoms with Crippen LogP contribution in [-0.4, -0.2) is 32.3 Å². The monoisotopic (exact) mass is 407 g/mol. The predicted octanol–water partition coefficient (Wildman–Crippen LogP) is 3.22. The molecule has 146 valence electrons. The highest BCUT2D eigenvalue weighted by Gasteiger charge is 2.10. The molecule has 4 rings (SSSR count). The van der Waals surface area contributed by atoms with Crippen LogP contribution >= 0.6 is 11.6 Å². The number of nitrogens with zero attached hydrogens (tertiary/aromatic N) is 4. The average Bonchev–Trinajstić information content (AvgIpc) is 3.26. The zero-order valence-electron chi connectivity index (χ0n) is 15.5. The molecule has 0 unspecified atom stereocenters. The zero-order chi connectivity index (χ0) is 20.1. The van der Waals surface area contributed by atoms with E-state index in [1.165, 1.54) is 6.33 Å². The molecule has 0 spiro atoms. The van der Waals surface area contributed by atoms with E-state index in [-0.39, 0.29) is 12.5 Å². The van der Waals surface area contributed by atoms with Crippen molar-refractivity contribution >= 4 is 28.4 Å². The Bertz CT molecular complexity index is 1130. The predicted molar refractivity (Wildman–Crippen MR) is 110 cm³/mol. The molecule has 0 bridgehead atoms. The number of aromatic nitrogens is 4. The van der Waals surface area contributed by atoms with Crippen molar-refractivity contribution in [2.24, 2.45) is 0 Å². The van der Waals surface area contributed by atoms with E-state index in [4.69, 9.17) is 16.3 Å². The Balaban J connectivity index is 1.38. The summed E-state index contributed by atoms with van der Waals surface area (Å²) in [5.41, 5.74) is 2.70. The SMILES string of the molecule is O=C(COc1ccc(Cl)c2cccnc12)NCc1ccccc1Cn1cncn1. The number of hydrogen-bond donors (Lipinski definition) is 1. The number of carbonyl (C=O) groups excluding carboxylic acids is 1. The van der Waals surface area contributed by atoms with Crippen LogP contribution in [-0.2, 0) is 17.9 Å². The fourth-order valence-corrected chi connectivity index (χ4v) is 3.21. The molecule has 1 N–H and O–H groups in total. The molecule has 0 aliphatic heterocycles. The van der Waals surface area contributed by atoms with Crippen molar-refractivity contribution in [2.75, 3.05) is 6.61 Å². The van der Waals surface area contributed by atoms with Gasteiger partial charge in [-0.1, -0.05) is 35.9 Å². The summed E-state index contributed by atoms with van der Waals surface area (Å²) in [5.74, 6) is 0.298. The molecule has 0 aliphatic carbocycles. The van der Waals surface area contributed by atoms with E-state index in [9.17, 15) is 4.79 Å². The maximum Gasteiger partial charge on any atom is 0.258 e. The number of amides is 1. The lowest BCUT2D eigenvalue weighted by Crippen LogP contribution is -2.29. The summed E-state index contributed by atoms with van der Waals surface area (Å²) in [4.78, 5) is 20.6. The third-order valence-corrected chi connectivity index (χ3v) is 4.76. The normalized spacial score (nSPS) is 10.8. The second kappa shape index (κ2) is 8.70. The van der Waals surface area contributed by atoms with Crippen LogP contribution in [0.15, 0.2) is 67.4 Å². The van der Waals surface area contributed by atoms with E-state index in [1.807, 2.05) is 36.4 Å². The van der Waals surface area contributed by atoms with Crippen molar-refractivity contribution in [2.45, 2.75) is 13.1 Å². The summed E-state index contributed by atoms with van der Waals surface area (Å²) in [6.45, 7) is 0.871. The number of rotatable bonds is 7. The van der Waals surface area contributed by atoms with Gasteiger partial charge >= 0.3 is 0 Å². The molecule has 0 atom stereocenters. The molecule has 29 heavy (non-hydrogen) atoms. The first kappa shape index (κ1) is 18.9. The number of ether oxygens (including phenoxy) is 1. The number of benzene rings is 2. The van der Waals surface area contributed by atoms with Crippen LogP contribution in [0.1, 0.15) is 11.1 Å². The summed E-state index contributed by atoms with van der Waals surface area (Å²) in [6.07, 6.45) is 4.82. The fraction of sp³-hybridized carbons (Fsp3) is 0.143. The van der Waals surface area contributed by atoms with Crippen LogP contribution in [0.2, 0.25) is 5.02 Å². The van der Waals surface area contributed by atoms with Gasteiger partial charge in [0.05, 0.1) is 11.6 Å². The molecule has 2 aromatic carbocycles. The van der Waals surface area contributed by atoms with Crippen LogP contribution < -0.4 is 10.1 Å². The molecule has 0 saturated heterocycles. The van der Waals surface area contributed by atoms with Crippen molar-refractivity contribution in [1.29, 1.82) is 0 Å². The summed E-state index contributed by atoms with van der Waals surface area (Å²) >= 11 is 6.19. The van der Waals surface area contributed by atoms with Crippen LogP contribution in [0.3, 0.4) is 0 Å².